The summed E-state index contributed by atoms with van der Waals surface area (Å²) >= 11 is 0. The number of nitrogens with zero attached hydrogens (tertiary/aromatic N) is 5. The average Bonchev–Trinajstić information content (AvgIpc) is 3.19. The van der Waals surface area contributed by atoms with Crippen LogP contribution in [0.2, 0.25) is 0 Å². The SMILES string of the molecule is BC(B)(B)n1cc(-c2cnc3cnc(NC(=O)CN4CCCCC4)cc3c2)cn1. The molecule has 0 unspecified atom stereocenters. The third-order valence-corrected chi connectivity index (χ3v) is 5.25. The number of aromatic nitrogens is 4. The zero-order valence-corrected chi connectivity index (χ0v) is 17.4. The van der Waals surface area contributed by atoms with Crippen LogP contribution in [-0.4, -0.2) is 73.7 Å². The average molecular weight is 386 g/mol. The van der Waals surface area contributed by atoms with Gasteiger partial charge in [-0.2, -0.15) is 5.10 Å². The van der Waals surface area contributed by atoms with Crippen molar-refractivity contribution >= 4 is 46.2 Å². The minimum absolute atomic E-state index is 0.0192. The number of anilines is 1. The molecule has 4 heterocycles. The second-order valence-electron chi connectivity index (χ2n) is 8.72. The zero-order valence-electron chi connectivity index (χ0n) is 17.4. The smallest absolute Gasteiger partial charge is 0.239 e. The van der Waals surface area contributed by atoms with Gasteiger partial charge in [0.05, 0.1) is 24.5 Å². The number of nitrogens with one attached hydrogen (secondary N) is 1. The lowest BCUT2D eigenvalue weighted by molar-refractivity contribution is -0.117. The molecule has 0 atom stereocenters. The van der Waals surface area contributed by atoms with E-state index >= 15 is 0 Å². The number of carbonyl (C=O) groups is 1. The summed E-state index contributed by atoms with van der Waals surface area (Å²) in [6.07, 6.45) is 11.0. The zero-order chi connectivity index (χ0) is 20.4. The van der Waals surface area contributed by atoms with Gasteiger partial charge >= 0.3 is 0 Å². The Kier molecular flexibility index (Phi) is 5.45. The summed E-state index contributed by atoms with van der Waals surface area (Å²) in [5.74, 6) is 0.540. The molecule has 0 aliphatic carbocycles. The Hall–Kier alpha value is -2.61. The van der Waals surface area contributed by atoms with E-state index in [2.05, 4.69) is 54.9 Å². The molecule has 1 fully saturated rings. The number of amides is 1. The van der Waals surface area contributed by atoms with Crippen LogP contribution in [0.15, 0.2) is 36.9 Å². The summed E-state index contributed by atoms with van der Waals surface area (Å²) in [5.41, 5.74) is 2.80. The van der Waals surface area contributed by atoms with Crippen LogP contribution >= 0.6 is 0 Å². The van der Waals surface area contributed by atoms with Crippen LogP contribution in [0.5, 0.6) is 0 Å². The lowest BCUT2D eigenvalue weighted by atomic mass is 9.49. The van der Waals surface area contributed by atoms with E-state index in [4.69, 9.17) is 0 Å². The third-order valence-electron chi connectivity index (χ3n) is 5.25. The fourth-order valence-electron chi connectivity index (χ4n) is 3.60. The van der Waals surface area contributed by atoms with Crippen LogP contribution in [0.25, 0.3) is 22.0 Å². The topological polar surface area (TPSA) is 75.9 Å². The van der Waals surface area contributed by atoms with E-state index in [1.54, 1.807) is 6.20 Å². The highest BCUT2D eigenvalue weighted by atomic mass is 16.2. The minimum Gasteiger partial charge on any atom is -0.310 e. The maximum Gasteiger partial charge on any atom is 0.239 e. The van der Waals surface area contributed by atoms with Crippen LogP contribution in [0, 0.1) is 0 Å². The first-order chi connectivity index (χ1) is 13.9. The Balaban J connectivity index is 1.52. The Labute approximate surface area is 173 Å². The number of hydrogen-bond acceptors (Lipinski definition) is 5. The van der Waals surface area contributed by atoms with Gasteiger partial charge in [0.15, 0.2) is 0 Å². The Bertz CT molecular complexity index is 1030. The molecular weight excluding hydrogens is 361 g/mol. The number of hydrogen-bond donors (Lipinski definition) is 1. The van der Waals surface area contributed by atoms with Crippen molar-refractivity contribution in [3.63, 3.8) is 0 Å². The van der Waals surface area contributed by atoms with E-state index in [1.807, 2.05) is 29.3 Å². The lowest BCUT2D eigenvalue weighted by Gasteiger charge is -2.25. The molecule has 0 bridgehead atoms. The van der Waals surface area contributed by atoms with Crippen molar-refractivity contribution < 1.29 is 4.79 Å². The molecule has 3 aromatic heterocycles. The normalized spacial score (nSPS) is 15.4. The van der Waals surface area contributed by atoms with E-state index in [1.165, 1.54) is 19.3 Å². The first-order valence-corrected chi connectivity index (χ1v) is 10.2. The number of likely N-dealkylation sites (tertiary alicyclic amines) is 1. The number of pyridine rings is 2. The molecule has 3 aromatic rings. The highest BCUT2D eigenvalue weighted by molar-refractivity contribution is 6.56. The molecule has 1 N–H and O–H groups in total. The number of piperidine rings is 1. The van der Waals surface area contributed by atoms with Gasteiger partial charge in [-0.3, -0.25) is 19.4 Å². The second-order valence-corrected chi connectivity index (χ2v) is 8.72. The van der Waals surface area contributed by atoms with Gasteiger partial charge in [0.25, 0.3) is 0 Å². The van der Waals surface area contributed by atoms with Crippen LogP contribution < -0.4 is 5.32 Å². The highest BCUT2D eigenvalue weighted by Crippen LogP contribution is 2.24. The van der Waals surface area contributed by atoms with Crippen molar-refractivity contribution in [2.24, 2.45) is 0 Å². The largest absolute Gasteiger partial charge is 0.310 e. The lowest BCUT2D eigenvalue weighted by Crippen LogP contribution is -2.36. The van der Waals surface area contributed by atoms with E-state index in [9.17, 15) is 4.79 Å². The number of carbonyl (C=O) groups excluding carboxylic acids is 1. The fourth-order valence-corrected chi connectivity index (χ4v) is 3.60. The quantitative estimate of drug-likeness (QED) is 0.593. The van der Waals surface area contributed by atoms with Crippen molar-refractivity contribution in [2.75, 3.05) is 25.0 Å². The predicted octanol–water partition coefficient (Wildman–Crippen LogP) is -0.615. The molecule has 4 rings (SSSR count). The van der Waals surface area contributed by atoms with Crippen molar-refractivity contribution in [1.29, 1.82) is 0 Å². The molecule has 146 valence electrons. The predicted molar refractivity (Wildman–Crippen MR) is 123 cm³/mol. The summed E-state index contributed by atoms with van der Waals surface area (Å²) in [6, 6.07) is 3.95. The second kappa shape index (κ2) is 8.03. The van der Waals surface area contributed by atoms with Gasteiger partial charge in [-0.25, -0.2) is 4.98 Å². The van der Waals surface area contributed by atoms with Crippen LogP contribution in [0.3, 0.4) is 0 Å². The summed E-state index contributed by atoms with van der Waals surface area (Å²) in [7, 11) is 6.35. The van der Waals surface area contributed by atoms with E-state index in [0.29, 0.717) is 12.4 Å². The van der Waals surface area contributed by atoms with Crippen molar-refractivity contribution in [2.45, 2.75) is 24.5 Å². The Morgan fingerprint density at radius 1 is 1.03 bits per heavy atom. The molecule has 0 spiro atoms. The molecule has 10 heteroatoms. The van der Waals surface area contributed by atoms with Gasteiger partial charge in [0.1, 0.15) is 29.4 Å². The molecule has 1 saturated heterocycles. The summed E-state index contributed by atoms with van der Waals surface area (Å²) in [5, 5.41) is 8.27. The molecular formula is C19H25B3N6O. The van der Waals surface area contributed by atoms with Gasteiger partial charge in [0.2, 0.25) is 5.91 Å². The molecule has 1 amide bonds. The number of rotatable bonds is 5. The molecule has 29 heavy (non-hydrogen) atoms. The molecule has 0 radical (unpaired) electrons. The van der Waals surface area contributed by atoms with E-state index in [-0.39, 0.29) is 11.1 Å². The molecule has 0 saturated carbocycles. The molecule has 1 aliphatic heterocycles. The summed E-state index contributed by atoms with van der Waals surface area (Å²) in [6.45, 7) is 2.41. The fraction of sp³-hybridized carbons (Fsp3) is 0.368. The van der Waals surface area contributed by atoms with Crippen molar-refractivity contribution in [1.82, 2.24) is 24.6 Å². The van der Waals surface area contributed by atoms with Crippen molar-refractivity contribution in [3.05, 3.63) is 36.9 Å². The van der Waals surface area contributed by atoms with E-state index < -0.39 is 0 Å². The van der Waals surface area contributed by atoms with Crippen LogP contribution in [0.4, 0.5) is 5.82 Å². The Morgan fingerprint density at radius 2 is 1.83 bits per heavy atom. The summed E-state index contributed by atoms with van der Waals surface area (Å²) in [4.78, 5) is 23.5. The maximum absolute atomic E-state index is 12.4. The number of fused-ring (bicyclic) bond motifs is 1. The van der Waals surface area contributed by atoms with Crippen molar-refractivity contribution in [3.8, 4) is 11.1 Å². The third kappa shape index (κ3) is 4.70. The van der Waals surface area contributed by atoms with Gasteiger partial charge in [-0.15, -0.1) is 0 Å². The van der Waals surface area contributed by atoms with Gasteiger partial charge in [-0.05, 0) is 43.3 Å². The monoisotopic (exact) mass is 386 g/mol. The first kappa shape index (κ1) is 19.7. The van der Waals surface area contributed by atoms with E-state index in [0.717, 1.165) is 35.1 Å². The van der Waals surface area contributed by atoms with Gasteiger partial charge < -0.3 is 5.32 Å². The minimum atomic E-state index is -0.0712. The molecule has 7 nitrogen and oxygen atoms in total. The maximum atomic E-state index is 12.4. The standard InChI is InChI=1S/C19H25B3N6O/c20-19(21,22)28-11-15(9-25-28)14-6-13-7-17(24-10-16(13)23-8-14)26-18(29)12-27-4-2-1-3-5-27/h6-11H,1-5,12,20-22H2,(H,24,26,29). The highest BCUT2D eigenvalue weighted by Gasteiger charge is 2.16. The Morgan fingerprint density at radius 3 is 2.55 bits per heavy atom. The van der Waals surface area contributed by atoms with Gasteiger partial charge in [0, 0.05) is 28.9 Å². The first-order valence-electron chi connectivity index (χ1n) is 10.2. The molecule has 0 aromatic carbocycles. The van der Waals surface area contributed by atoms with Gasteiger partial charge in [-0.1, -0.05) is 6.42 Å². The van der Waals surface area contributed by atoms with Crippen LogP contribution in [-0.2, 0) is 10.0 Å². The van der Waals surface area contributed by atoms with Crippen LogP contribution in [0.1, 0.15) is 19.3 Å². The molecule has 1 aliphatic rings. The summed E-state index contributed by atoms with van der Waals surface area (Å²) < 4.78 is 1.95.